The molecule has 0 saturated heterocycles. The molecule has 6 rings (SSSR count). The maximum absolute atomic E-state index is 14.0. The Kier molecular flexibility index (Phi) is 9.60. The van der Waals surface area contributed by atoms with Crippen LogP contribution in [-0.2, 0) is 23.9 Å². The van der Waals surface area contributed by atoms with Crippen molar-refractivity contribution in [2.45, 2.75) is 140 Å². The average Bonchev–Trinajstić information content (AvgIpc) is 3.35. The number of hydrogen-bond donors (Lipinski definition) is 2. The molecule has 52 heavy (non-hydrogen) atoms. The van der Waals surface area contributed by atoms with Crippen molar-refractivity contribution in [2.24, 2.45) is 56.2 Å². The zero-order valence-corrected chi connectivity index (χ0v) is 33.4. The smallest absolute Gasteiger partial charge is 0.309 e. The molecule has 0 bridgehead atoms. The summed E-state index contributed by atoms with van der Waals surface area (Å²) in [7, 11) is 0. The van der Waals surface area contributed by atoms with E-state index in [0.717, 1.165) is 68.2 Å². The lowest BCUT2D eigenvalue weighted by Gasteiger charge is -2.72. The van der Waals surface area contributed by atoms with Gasteiger partial charge in [-0.1, -0.05) is 72.2 Å². The summed E-state index contributed by atoms with van der Waals surface area (Å²) in [5.41, 5.74) is 2.54. The van der Waals surface area contributed by atoms with E-state index in [9.17, 15) is 24.3 Å². The van der Waals surface area contributed by atoms with Gasteiger partial charge in [-0.15, -0.1) is 0 Å². The van der Waals surface area contributed by atoms with Gasteiger partial charge in [-0.2, -0.15) is 0 Å². The van der Waals surface area contributed by atoms with Gasteiger partial charge in [-0.3, -0.25) is 19.2 Å². The van der Waals surface area contributed by atoms with Gasteiger partial charge in [-0.05, 0) is 135 Å². The van der Waals surface area contributed by atoms with Gasteiger partial charge in [0.1, 0.15) is 6.10 Å². The van der Waals surface area contributed by atoms with E-state index in [0.29, 0.717) is 18.3 Å². The van der Waals surface area contributed by atoms with Crippen LogP contribution in [0.15, 0.2) is 47.6 Å². The minimum absolute atomic E-state index is 0.00135. The molecule has 8 unspecified atom stereocenters. The number of hydrogen-bond acceptors (Lipinski definition) is 5. The quantitative estimate of drug-likeness (QED) is 0.205. The second-order valence-corrected chi connectivity index (χ2v) is 19.7. The summed E-state index contributed by atoms with van der Waals surface area (Å²) in [5, 5.41) is 12.6. The second-order valence-electron chi connectivity index (χ2n) is 19.7. The van der Waals surface area contributed by atoms with E-state index < -0.39 is 22.8 Å². The number of rotatable bonds is 8. The Hall–Kier alpha value is -3.22. The lowest BCUT2D eigenvalue weighted by Crippen LogP contribution is -2.65. The summed E-state index contributed by atoms with van der Waals surface area (Å²) in [6.45, 7) is 21.6. The summed E-state index contributed by atoms with van der Waals surface area (Å²) < 4.78 is 6.16. The van der Waals surface area contributed by atoms with E-state index in [4.69, 9.17) is 4.74 Å². The van der Waals surface area contributed by atoms with Crippen molar-refractivity contribution in [1.29, 1.82) is 0 Å². The van der Waals surface area contributed by atoms with Crippen molar-refractivity contribution in [3.8, 4) is 0 Å². The number of carboxylic acids is 1. The predicted molar refractivity (Wildman–Crippen MR) is 204 cm³/mol. The van der Waals surface area contributed by atoms with Crippen LogP contribution in [0.5, 0.6) is 0 Å². The van der Waals surface area contributed by atoms with Gasteiger partial charge in [0, 0.05) is 29.0 Å². The Morgan fingerprint density at radius 2 is 1.60 bits per heavy atom. The third-order valence-corrected chi connectivity index (χ3v) is 15.7. The number of carboxylic acid groups (broad SMARTS) is 1. The first kappa shape index (κ1) is 38.5. The fourth-order valence-electron chi connectivity index (χ4n) is 12.7. The number of allylic oxidation sites excluding steroid dienone is 3. The average molecular weight is 714 g/mol. The number of aliphatic carboxylic acids is 1. The molecule has 0 aliphatic heterocycles. The van der Waals surface area contributed by atoms with Gasteiger partial charge < -0.3 is 15.2 Å². The van der Waals surface area contributed by atoms with E-state index in [2.05, 4.69) is 59.9 Å². The monoisotopic (exact) mass is 713 g/mol. The number of nitrogens with one attached hydrogen (secondary N) is 1. The first-order chi connectivity index (χ1) is 24.1. The van der Waals surface area contributed by atoms with Crippen molar-refractivity contribution in [3.63, 3.8) is 0 Å². The first-order valence-corrected chi connectivity index (χ1v) is 19.9. The molecule has 4 fully saturated rings. The maximum Gasteiger partial charge on any atom is 0.309 e. The molecule has 7 heteroatoms. The zero-order valence-electron chi connectivity index (χ0n) is 33.4. The number of ether oxygens (including phenoxy) is 1. The van der Waals surface area contributed by atoms with Crippen LogP contribution in [0.3, 0.4) is 0 Å². The van der Waals surface area contributed by atoms with Crippen LogP contribution in [-0.4, -0.2) is 34.8 Å². The van der Waals surface area contributed by atoms with Crippen LogP contribution < -0.4 is 5.32 Å². The van der Waals surface area contributed by atoms with Gasteiger partial charge >= 0.3 is 11.9 Å². The molecule has 284 valence electrons. The molecule has 0 aromatic heterocycles. The summed E-state index contributed by atoms with van der Waals surface area (Å²) in [6.07, 6.45) is 11.7. The zero-order chi connectivity index (χ0) is 38.2. The number of carbonyl (C=O) groups is 4. The van der Waals surface area contributed by atoms with Crippen molar-refractivity contribution in [3.05, 3.63) is 53.1 Å². The van der Waals surface area contributed by atoms with Gasteiger partial charge in [0.15, 0.2) is 5.78 Å². The number of benzene rings is 1. The number of esters is 1. The van der Waals surface area contributed by atoms with Gasteiger partial charge in [-0.25, -0.2) is 0 Å². The van der Waals surface area contributed by atoms with Crippen LogP contribution in [0.4, 0.5) is 5.69 Å². The number of amides is 1. The highest BCUT2D eigenvalue weighted by atomic mass is 16.5. The molecule has 1 aromatic carbocycles. The number of fused-ring (bicyclic) bond motifs is 7. The van der Waals surface area contributed by atoms with Crippen LogP contribution >= 0.6 is 0 Å². The number of aryl methyl sites for hydroxylation is 1. The summed E-state index contributed by atoms with van der Waals surface area (Å²) in [6, 6.07) is 7.82. The van der Waals surface area contributed by atoms with E-state index in [1.165, 1.54) is 5.57 Å². The van der Waals surface area contributed by atoms with Crippen LogP contribution in [0, 0.1) is 63.1 Å². The molecule has 0 heterocycles. The Balaban J connectivity index is 1.28. The molecular weight excluding hydrogens is 650 g/mol. The molecule has 5 aliphatic carbocycles. The minimum atomic E-state index is -1.17. The second kappa shape index (κ2) is 13.0. The molecule has 1 amide bonds. The SMILES string of the molecule is Cc1ccc(NC(=O)C=CC23CCC4(C)C(CCC5C6(C)CCC(OC(=O)CC(C)(C)C(=O)O)C(C)(C)C6CCC54C)C2=C(C(C)C)C(=O)C3)cc1. The van der Waals surface area contributed by atoms with Crippen molar-refractivity contribution < 1.29 is 29.0 Å². The lowest BCUT2D eigenvalue weighted by molar-refractivity contribution is -0.232. The Labute approximate surface area is 311 Å². The van der Waals surface area contributed by atoms with E-state index >= 15 is 0 Å². The third-order valence-electron chi connectivity index (χ3n) is 15.7. The normalized spacial score (nSPS) is 36.9. The predicted octanol–water partition coefficient (Wildman–Crippen LogP) is 9.88. The molecular formula is C45H63NO6. The fourth-order valence-corrected chi connectivity index (χ4v) is 12.7. The van der Waals surface area contributed by atoms with E-state index in [-0.39, 0.29) is 57.7 Å². The van der Waals surface area contributed by atoms with Crippen LogP contribution in [0.2, 0.25) is 0 Å². The lowest BCUT2D eigenvalue weighted by atomic mass is 9.33. The Morgan fingerprint density at radius 3 is 2.23 bits per heavy atom. The standard InChI is InChI=1S/C45H63NO6/c1-27(2)37-31(47)25-45(22-19-35(48)46-29-13-11-28(3)12-14-29)24-23-43(9)30(38(37)45)15-16-33-42(8)20-18-34(52-36(49)26-40(4,5)39(50)51)41(6,7)32(42)17-21-44(33,43)10/h11-14,19,22,27,30,32-34H,15-18,20-21,23-26H2,1-10H3,(H,46,48)(H,50,51). The number of Topliss-reactive ketones (excluding diaryl/α,β-unsaturated/α-hetero) is 1. The fraction of sp³-hybridized carbons (Fsp3) is 0.689. The Morgan fingerprint density at radius 1 is 0.923 bits per heavy atom. The number of ketones is 1. The molecule has 1 aromatic rings. The Bertz CT molecular complexity index is 1700. The van der Waals surface area contributed by atoms with Crippen LogP contribution in [0.1, 0.15) is 132 Å². The van der Waals surface area contributed by atoms with Crippen molar-refractivity contribution in [2.75, 3.05) is 5.32 Å². The highest BCUT2D eigenvalue weighted by Gasteiger charge is 2.70. The first-order valence-electron chi connectivity index (χ1n) is 19.9. The molecule has 2 N–H and O–H groups in total. The summed E-state index contributed by atoms with van der Waals surface area (Å²) in [4.78, 5) is 52.0. The largest absolute Gasteiger partial charge is 0.481 e. The van der Waals surface area contributed by atoms with Gasteiger partial charge in [0.25, 0.3) is 0 Å². The third kappa shape index (κ3) is 6.00. The maximum atomic E-state index is 14.0. The molecule has 4 saturated carbocycles. The highest BCUT2D eigenvalue weighted by molar-refractivity contribution is 6.02. The molecule has 0 spiro atoms. The van der Waals surface area contributed by atoms with E-state index in [1.807, 2.05) is 31.2 Å². The number of carbonyl (C=O) groups excluding carboxylic acids is 3. The number of anilines is 1. The molecule has 7 nitrogen and oxygen atoms in total. The molecule has 8 atom stereocenters. The van der Waals surface area contributed by atoms with Crippen LogP contribution in [0.25, 0.3) is 0 Å². The summed E-state index contributed by atoms with van der Waals surface area (Å²) in [5.74, 6) is -0.0583. The van der Waals surface area contributed by atoms with Crippen molar-refractivity contribution in [1.82, 2.24) is 0 Å². The molecule has 5 aliphatic rings. The van der Waals surface area contributed by atoms with Gasteiger partial charge in [0.05, 0.1) is 11.8 Å². The minimum Gasteiger partial charge on any atom is -0.481 e. The highest BCUT2D eigenvalue weighted by Crippen LogP contribution is 2.77. The van der Waals surface area contributed by atoms with E-state index in [1.54, 1.807) is 19.9 Å². The van der Waals surface area contributed by atoms with Gasteiger partial charge in [0.2, 0.25) is 5.91 Å². The van der Waals surface area contributed by atoms with Crippen molar-refractivity contribution >= 4 is 29.3 Å². The topological polar surface area (TPSA) is 110 Å². The summed E-state index contributed by atoms with van der Waals surface area (Å²) >= 11 is 0. The molecule has 0 radical (unpaired) electrons.